The van der Waals surface area contributed by atoms with Gasteiger partial charge in [-0.1, -0.05) is 5.21 Å². The molecule has 2 amide bonds. The van der Waals surface area contributed by atoms with Crippen molar-refractivity contribution in [1.82, 2.24) is 35.2 Å². The Morgan fingerprint density at radius 3 is 2.62 bits per heavy atom. The molecule has 2 aromatic heterocycles. The number of amides is 2. The van der Waals surface area contributed by atoms with Crippen LogP contribution in [0.2, 0.25) is 0 Å². The van der Waals surface area contributed by atoms with Gasteiger partial charge in [0.2, 0.25) is 0 Å². The molecule has 21 heavy (non-hydrogen) atoms. The molecule has 3 N–H and O–H groups in total. The molecule has 0 unspecified atom stereocenters. The second kappa shape index (κ2) is 7.03. The fraction of sp³-hybridized carbons (Fsp3) is 0.364. The van der Waals surface area contributed by atoms with Crippen LogP contribution in [0.1, 0.15) is 10.5 Å². The Bertz CT molecular complexity index is 593. The molecule has 0 bridgehead atoms. The van der Waals surface area contributed by atoms with Crippen molar-refractivity contribution in [2.75, 3.05) is 13.1 Å². The first-order valence-electron chi connectivity index (χ1n) is 6.26. The number of hydrogen-bond acceptors (Lipinski definition) is 5. The molecular weight excluding hydrogens is 278 g/mol. The molecule has 0 spiro atoms. The van der Waals surface area contributed by atoms with Gasteiger partial charge in [-0.15, -0.1) is 5.10 Å². The van der Waals surface area contributed by atoms with Crippen LogP contribution in [-0.4, -0.2) is 54.7 Å². The van der Waals surface area contributed by atoms with Crippen LogP contribution in [0.25, 0.3) is 0 Å². The summed E-state index contributed by atoms with van der Waals surface area (Å²) in [6, 6.07) is -0.298. The van der Waals surface area contributed by atoms with Crippen molar-refractivity contribution in [3.63, 3.8) is 0 Å². The third-order valence-corrected chi connectivity index (χ3v) is 2.61. The highest BCUT2D eigenvalue weighted by molar-refractivity contribution is 5.84. The van der Waals surface area contributed by atoms with Crippen LogP contribution in [0.5, 0.6) is 0 Å². The highest BCUT2D eigenvalue weighted by Gasteiger charge is 2.06. The molecule has 10 heteroatoms. The van der Waals surface area contributed by atoms with E-state index in [1.165, 1.54) is 12.5 Å². The molecule has 2 rings (SSSR count). The van der Waals surface area contributed by atoms with Crippen molar-refractivity contribution in [3.05, 3.63) is 30.6 Å². The van der Waals surface area contributed by atoms with Gasteiger partial charge in [-0.2, -0.15) is 0 Å². The first-order valence-corrected chi connectivity index (χ1v) is 6.26. The zero-order valence-electron chi connectivity index (χ0n) is 11.1. The molecule has 0 aliphatic heterocycles. The van der Waals surface area contributed by atoms with Gasteiger partial charge < -0.3 is 20.3 Å². The molecule has 0 saturated heterocycles. The zero-order chi connectivity index (χ0) is 15.1. The summed E-state index contributed by atoms with van der Waals surface area (Å²) >= 11 is 0. The van der Waals surface area contributed by atoms with Crippen LogP contribution < -0.4 is 10.6 Å². The van der Waals surface area contributed by atoms with Gasteiger partial charge in [0.25, 0.3) is 0 Å². The molecule has 0 saturated carbocycles. The van der Waals surface area contributed by atoms with Gasteiger partial charge in [-0.3, -0.25) is 4.68 Å². The van der Waals surface area contributed by atoms with Crippen LogP contribution in [0.4, 0.5) is 4.79 Å². The number of carboxylic acid groups (broad SMARTS) is 1. The normalized spacial score (nSPS) is 10.3. The van der Waals surface area contributed by atoms with Crippen LogP contribution in [0, 0.1) is 0 Å². The Morgan fingerprint density at radius 2 is 2.00 bits per heavy atom. The maximum Gasteiger partial charge on any atom is 0.356 e. The van der Waals surface area contributed by atoms with E-state index in [0.29, 0.717) is 26.2 Å². The Balaban J connectivity index is 1.61. The summed E-state index contributed by atoms with van der Waals surface area (Å²) in [4.78, 5) is 25.8. The molecule has 0 aliphatic rings. The average Bonchev–Trinajstić information content (AvgIpc) is 3.09. The topological polar surface area (TPSA) is 127 Å². The second-order valence-electron chi connectivity index (χ2n) is 4.15. The maximum absolute atomic E-state index is 11.5. The number of rotatable bonds is 7. The molecule has 2 aromatic rings. The third kappa shape index (κ3) is 4.60. The zero-order valence-corrected chi connectivity index (χ0v) is 11.1. The van der Waals surface area contributed by atoms with Crippen molar-refractivity contribution in [2.45, 2.75) is 13.1 Å². The fourth-order valence-corrected chi connectivity index (χ4v) is 1.59. The molecule has 112 valence electrons. The molecule has 2 heterocycles. The van der Waals surface area contributed by atoms with E-state index >= 15 is 0 Å². The average molecular weight is 293 g/mol. The lowest BCUT2D eigenvalue weighted by Crippen LogP contribution is -2.38. The number of carboxylic acids is 1. The Hall–Kier alpha value is -2.91. The third-order valence-electron chi connectivity index (χ3n) is 2.61. The Labute approximate surface area is 119 Å². The summed E-state index contributed by atoms with van der Waals surface area (Å²) in [5.74, 6) is -1.08. The summed E-state index contributed by atoms with van der Waals surface area (Å²) in [7, 11) is 0. The molecule has 0 atom stereocenters. The minimum absolute atomic E-state index is 0.0210. The Kier molecular flexibility index (Phi) is 4.85. The van der Waals surface area contributed by atoms with E-state index in [9.17, 15) is 9.59 Å². The number of nitrogens with zero attached hydrogens (tertiary/aromatic N) is 5. The fourth-order valence-electron chi connectivity index (χ4n) is 1.59. The van der Waals surface area contributed by atoms with E-state index in [4.69, 9.17) is 5.11 Å². The van der Waals surface area contributed by atoms with Crippen molar-refractivity contribution >= 4 is 12.0 Å². The molecule has 0 radical (unpaired) electrons. The quantitative estimate of drug-likeness (QED) is 0.611. The smallest absolute Gasteiger partial charge is 0.356 e. The lowest BCUT2D eigenvalue weighted by Gasteiger charge is -2.07. The molecule has 10 nitrogen and oxygen atoms in total. The summed E-state index contributed by atoms with van der Waals surface area (Å²) in [6.07, 6.45) is 6.09. The number of aromatic nitrogens is 5. The summed E-state index contributed by atoms with van der Waals surface area (Å²) < 4.78 is 3.21. The second-order valence-corrected chi connectivity index (χ2v) is 4.15. The minimum Gasteiger partial charge on any atom is -0.476 e. The summed E-state index contributed by atoms with van der Waals surface area (Å²) in [5, 5.41) is 21.5. The van der Waals surface area contributed by atoms with E-state index in [0.717, 1.165) is 0 Å². The van der Waals surface area contributed by atoms with E-state index in [1.54, 1.807) is 21.6 Å². The maximum atomic E-state index is 11.5. The first kappa shape index (κ1) is 14.5. The predicted molar refractivity (Wildman–Crippen MR) is 70.6 cm³/mol. The lowest BCUT2D eigenvalue weighted by atomic mass is 10.5. The van der Waals surface area contributed by atoms with Gasteiger partial charge in [0.1, 0.15) is 0 Å². The van der Waals surface area contributed by atoms with Gasteiger partial charge in [0.05, 0.1) is 19.1 Å². The van der Waals surface area contributed by atoms with Gasteiger partial charge in [-0.05, 0) is 0 Å². The van der Waals surface area contributed by atoms with Gasteiger partial charge in [0.15, 0.2) is 5.69 Å². The molecule has 0 fully saturated rings. The standard InChI is InChI=1S/C11H15N7O3/c19-10(20)9-7-17(8-14-9)4-1-12-11(21)13-2-5-18-6-3-15-16-18/h3,6-8H,1-2,4-5H2,(H,19,20)(H2,12,13,21). The monoisotopic (exact) mass is 293 g/mol. The van der Waals surface area contributed by atoms with Crippen molar-refractivity contribution < 1.29 is 14.7 Å². The molecular formula is C11H15N7O3. The van der Waals surface area contributed by atoms with E-state index in [-0.39, 0.29) is 11.7 Å². The summed E-state index contributed by atoms with van der Waals surface area (Å²) in [6.45, 7) is 1.78. The highest BCUT2D eigenvalue weighted by Crippen LogP contribution is 1.95. The largest absolute Gasteiger partial charge is 0.476 e. The van der Waals surface area contributed by atoms with E-state index in [1.807, 2.05) is 0 Å². The van der Waals surface area contributed by atoms with Crippen LogP contribution >= 0.6 is 0 Å². The number of imidazole rings is 1. The van der Waals surface area contributed by atoms with E-state index in [2.05, 4.69) is 25.9 Å². The number of nitrogens with one attached hydrogen (secondary N) is 2. The van der Waals surface area contributed by atoms with Gasteiger partial charge in [0, 0.05) is 32.0 Å². The first-order chi connectivity index (χ1) is 10.1. The van der Waals surface area contributed by atoms with Gasteiger partial charge >= 0.3 is 12.0 Å². The van der Waals surface area contributed by atoms with Gasteiger partial charge in [-0.25, -0.2) is 14.6 Å². The van der Waals surface area contributed by atoms with Crippen LogP contribution in [0.15, 0.2) is 24.9 Å². The molecule has 0 aliphatic carbocycles. The van der Waals surface area contributed by atoms with Crippen molar-refractivity contribution in [2.24, 2.45) is 0 Å². The number of carbonyl (C=O) groups is 2. The number of hydrogen-bond donors (Lipinski definition) is 3. The van der Waals surface area contributed by atoms with Crippen LogP contribution in [-0.2, 0) is 13.1 Å². The lowest BCUT2D eigenvalue weighted by molar-refractivity contribution is 0.0691. The number of aromatic carboxylic acids is 1. The van der Waals surface area contributed by atoms with Crippen LogP contribution in [0.3, 0.4) is 0 Å². The summed E-state index contributed by atoms with van der Waals surface area (Å²) in [5.41, 5.74) is -0.0210. The Morgan fingerprint density at radius 1 is 1.24 bits per heavy atom. The van der Waals surface area contributed by atoms with Crippen molar-refractivity contribution in [1.29, 1.82) is 0 Å². The number of carbonyl (C=O) groups excluding carboxylic acids is 1. The predicted octanol–water partition coefficient (Wildman–Crippen LogP) is -0.828. The minimum atomic E-state index is -1.08. The van der Waals surface area contributed by atoms with E-state index < -0.39 is 5.97 Å². The number of urea groups is 1. The molecule has 0 aromatic carbocycles. The SMILES string of the molecule is O=C(NCCn1cnc(C(=O)O)c1)NCCn1ccnn1. The van der Waals surface area contributed by atoms with Crippen molar-refractivity contribution in [3.8, 4) is 0 Å². The highest BCUT2D eigenvalue weighted by atomic mass is 16.4.